The maximum atomic E-state index is 12.8. The van der Waals surface area contributed by atoms with E-state index in [-0.39, 0.29) is 12.4 Å². The summed E-state index contributed by atoms with van der Waals surface area (Å²) in [6, 6.07) is 7.61. The Morgan fingerprint density at radius 1 is 1.13 bits per heavy atom. The second-order valence-corrected chi connectivity index (χ2v) is 6.77. The lowest BCUT2D eigenvalue weighted by molar-refractivity contribution is -0.122. The van der Waals surface area contributed by atoms with Crippen molar-refractivity contribution in [3.63, 3.8) is 0 Å². The summed E-state index contributed by atoms with van der Waals surface area (Å²) < 4.78 is 0. The van der Waals surface area contributed by atoms with Gasteiger partial charge in [0.05, 0.1) is 11.9 Å². The van der Waals surface area contributed by atoms with Crippen LogP contribution in [0.5, 0.6) is 0 Å². The van der Waals surface area contributed by atoms with Crippen molar-refractivity contribution < 1.29 is 14.7 Å². The molecule has 156 valence electrons. The van der Waals surface area contributed by atoms with Gasteiger partial charge in [-0.25, -0.2) is 5.10 Å². The van der Waals surface area contributed by atoms with Crippen LogP contribution in [-0.4, -0.2) is 73.9 Å². The molecule has 3 aromatic rings. The van der Waals surface area contributed by atoms with Crippen molar-refractivity contribution in [1.82, 2.24) is 30.3 Å². The first-order valence-corrected chi connectivity index (χ1v) is 9.42. The van der Waals surface area contributed by atoms with Gasteiger partial charge >= 0.3 is 0 Å². The molecule has 1 aromatic carbocycles. The van der Waals surface area contributed by atoms with Crippen LogP contribution in [0.25, 0.3) is 11.3 Å². The largest absolute Gasteiger partial charge is 0.483 e. The zero-order valence-electron chi connectivity index (χ0n) is 16.8. The molecule has 30 heavy (non-hydrogen) atoms. The molecule has 4 rings (SSSR count). The van der Waals surface area contributed by atoms with E-state index in [1.807, 2.05) is 43.0 Å². The number of benzene rings is 1. The highest BCUT2D eigenvalue weighted by atomic mass is 16.3. The molecule has 0 spiro atoms. The Balaban J connectivity index is 0.000000806. The van der Waals surface area contributed by atoms with Crippen LogP contribution < -0.4 is 4.90 Å². The number of hydrogen-bond donors (Lipinski definition) is 2. The number of aromatic nitrogens is 5. The summed E-state index contributed by atoms with van der Waals surface area (Å²) in [7, 11) is 0. The number of anilines is 1. The number of H-pyrrole nitrogens is 1. The van der Waals surface area contributed by atoms with Crippen LogP contribution in [0.1, 0.15) is 21.5 Å². The Labute approximate surface area is 173 Å². The third kappa shape index (κ3) is 4.59. The molecule has 0 aliphatic carbocycles. The monoisotopic (exact) mass is 409 g/mol. The van der Waals surface area contributed by atoms with Crippen LogP contribution in [0, 0.1) is 13.8 Å². The van der Waals surface area contributed by atoms with E-state index in [0.717, 1.165) is 41.4 Å². The highest BCUT2D eigenvalue weighted by Gasteiger charge is 2.23. The number of nitrogens with zero attached hydrogens (tertiary/aromatic N) is 6. The standard InChI is InChI=1S/C19H21N7O.CH2O2/c1-13-11-21-23-17(14(13)2)15-3-5-16(6-4-15)18(27)25-7-9-26(10-8-25)19-20-12-22-24-19;2-1-3/h3-6,11-12H,7-10H2,1-2H3,(H,20,22,24);1H,(H,2,3). The molecule has 1 aliphatic rings. The van der Waals surface area contributed by atoms with Gasteiger partial charge in [0.25, 0.3) is 12.4 Å². The maximum absolute atomic E-state index is 12.8. The minimum absolute atomic E-state index is 0.0471. The molecule has 3 heterocycles. The average Bonchev–Trinajstić information content (AvgIpc) is 3.31. The number of carboxylic acid groups (broad SMARTS) is 1. The van der Waals surface area contributed by atoms with Crippen molar-refractivity contribution in [1.29, 1.82) is 0 Å². The summed E-state index contributed by atoms with van der Waals surface area (Å²) in [5, 5.41) is 21.9. The number of aryl methyl sites for hydroxylation is 1. The molecule has 1 aliphatic heterocycles. The van der Waals surface area contributed by atoms with Crippen LogP contribution in [0.4, 0.5) is 5.95 Å². The number of rotatable bonds is 3. The van der Waals surface area contributed by atoms with E-state index in [2.05, 4.69) is 30.3 Å². The molecule has 2 N–H and O–H groups in total. The van der Waals surface area contributed by atoms with E-state index in [4.69, 9.17) is 9.90 Å². The summed E-state index contributed by atoms with van der Waals surface area (Å²) in [5.74, 6) is 0.798. The van der Waals surface area contributed by atoms with Crippen molar-refractivity contribution in [2.75, 3.05) is 31.1 Å². The Kier molecular flexibility index (Phi) is 6.68. The molecule has 0 saturated carbocycles. The first-order chi connectivity index (χ1) is 14.5. The summed E-state index contributed by atoms with van der Waals surface area (Å²) >= 11 is 0. The topological polar surface area (TPSA) is 128 Å². The molecule has 0 unspecified atom stereocenters. The molecule has 10 heteroatoms. The van der Waals surface area contributed by atoms with Crippen molar-refractivity contribution in [2.24, 2.45) is 0 Å². The molecular formula is C20H23N7O3. The lowest BCUT2D eigenvalue weighted by Gasteiger charge is -2.34. The fourth-order valence-corrected chi connectivity index (χ4v) is 3.23. The van der Waals surface area contributed by atoms with Gasteiger partial charge in [0.15, 0.2) is 0 Å². The van der Waals surface area contributed by atoms with E-state index in [1.165, 1.54) is 6.33 Å². The van der Waals surface area contributed by atoms with Gasteiger partial charge in [-0.2, -0.15) is 20.3 Å². The SMILES string of the molecule is Cc1cnnc(-c2ccc(C(=O)N3CCN(c4ncn[nH]4)CC3)cc2)c1C.O=CO. The van der Waals surface area contributed by atoms with Crippen LogP contribution in [0.3, 0.4) is 0 Å². The summed E-state index contributed by atoms with van der Waals surface area (Å²) in [4.78, 5) is 29.3. The number of hydrogen-bond acceptors (Lipinski definition) is 7. The molecule has 2 aromatic heterocycles. The Hall–Kier alpha value is -3.82. The van der Waals surface area contributed by atoms with Crippen molar-refractivity contribution in [3.8, 4) is 11.3 Å². The molecule has 1 amide bonds. The Morgan fingerprint density at radius 2 is 1.80 bits per heavy atom. The highest BCUT2D eigenvalue weighted by Crippen LogP contribution is 2.23. The van der Waals surface area contributed by atoms with Gasteiger partial charge in [-0.05, 0) is 37.1 Å². The highest BCUT2D eigenvalue weighted by molar-refractivity contribution is 5.94. The summed E-state index contributed by atoms with van der Waals surface area (Å²) in [6.07, 6.45) is 3.25. The average molecular weight is 409 g/mol. The van der Waals surface area contributed by atoms with Crippen molar-refractivity contribution in [3.05, 3.63) is 53.5 Å². The Morgan fingerprint density at radius 3 is 2.40 bits per heavy atom. The molecule has 1 saturated heterocycles. The van der Waals surface area contributed by atoms with E-state index >= 15 is 0 Å². The molecule has 0 radical (unpaired) electrons. The molecule has 10 nitrogen and oxygen atoms in total. The number of piperazine rings is 1. The second-order valence-electron chi connectivity index (χ2n) is 6.77. The van der Waals surface area contributed by atoms with Gasteiger partial charge in [-0.1, -0.05) is 12.1 Å². The predicted molar refractivity (Wildman–Crippen MR) is 110 cm³/mol. The van der Waals surface area contributed by atoms with Gasteiger partial charge in [0.2, 0.25) is 5.95 Å². The molecule has 1 fully saturated rings. The summed E-state index contributed by atoms with van der Waals surface area (Å²) in [5.41, 5.74) is 4.72. The smallest absolute Gasteiger partial charge is 0.290 e. The number of carbonyl (C=O) groups is 2. The fraction of sp³-hybridized carbons (Fsp3) is 0.300. The number of carbonyl (C=O) groups excluding carboxylic acids is 1. The molecular weight excluding hydrogens is 386 g/mol. The van der Waals surface area contributed by atoms with E-state index in [1.54, 1.807) is 6.20 Å². The summed E-state index contributed by atoms with van der Waals surface area (Å²) in [6.45, 7) is 6.58. The normalized spacial score (nSPS) is 13.4. The molecule has 0 atom stereocenters. The quantitative estimate of drug-likeness (QED) is 0.624. The minimum Gasteiger partial charge on any atom is -0.483 e. The van der Waals surface area contributed by atoms with Crippen LogP contribution in [0.15, 0.2) is 36.8 Å². The van der Waals surface area contributed by atoms with E-state index in [0.29, 0.717) is 18.7 Å². The first kappa shape index (κ1) is 20.9. The Bertz CT molecular complexity index is 982. The van der Waals surface area contributed by atoms with Gasteiger partial charge in [-0.3, -0.25) is 9.59 Å². The lowest BCUT2D eigenvalue weighted by atomic mass is 10.0. The van der Waals surface area contributed by atoms with Gasteiger partial charge < -0.3 is 14.9 Å². The molecule has 0 bridgehead atoms. The number of aromatic amines is 1. The van der Waals surface area contributed by atoms with Gasteiger partial charge in [0, 0.05) is 37.3 Å². The third-order valence-electron chi connectivity index (χ3n) is 5.03. The first-order valence-electron chi connectivity index (χ1n) is 9.42. The fourth-order valence-electron chi connectivity index (χ4n) is 3.23. The van der Waals surface area contributed by atoms with Crippen LogP contribution in [0.2, 0.25) is 0 Å². The third-order valence-corrected chi connectivity index (χ3v) is 5.03. The minimum atomic E-state index is -0.250. The zero-order chi connectivity index (χ0) is 21.5. The lowest BCUT2D eigenvalue weighted by Crippen LogP contribution is -2.49. The predicted octanol–water partition coefficient (Wildman–Crippen LogP) is 1.54. The second kappa shape index (κ2) is 9.59. The van der Waals surface area contributed by atoms with E-state index in [9.17, 15) is 4.79 Å². The zero-order valence-corrected chi connectivity index (χ0v) is 16.8. The van der Waals surface area contributed by atoms with E-state index < -0.39 is 0 Å². The van der Waals surface area contributed by atoms with Crippen LogP contribution >= 0.6 is 0 Å². The number of amides is 1. The van der Waals surface area contributed by atoms with Gasteiger partial charge in [0.1, 0.15) is 6.33 Å². The number of nitrogens with one attached hydrogen (secondary N) is 1. The van der Waals surface area contributed by atoms with Gasteiger partial charge in [-0.15, -0.1) is 0 Å². The maximum Gasteiger partial charge on any atom is 0.290 e. The van der Waals surface area contributed by atoms with Crippen molar-refractivity contribution in [2.45, 2.75) is 13.8 Å². The van der Waals surface area contributed by atoms with Crippen molar-refractivity contribution >= 4 is 18.3 Å². The van der Waals surface area contributed by atoms with Crippen LogP contribution in [-0.2, 0) is 4.79 Å².